The molecule has 3 heteroatoms. The molecule has 27 heavy (non-hydrogen) atoms. The Bertz CT molecular complexity index is 733. The van der Waals surface area contributed by atoms with Crippen molar-refractivity contribution >= 4 is 5.97 Å². The molecule has 1 saturated carbocycles. The van der Waals surface area contributed by atoms with Gasteiger partial charge in [-0.1, -0.05) is 62.6 Å². The molecule has 2 aromatic rings. The summed E-state index contributed by atoms with van der Waals surface area (Å²) in [5, 5.41) is 0. The molecule has 3 nitrogen and oxygen atoms in total. The smallest absolute Gasteiger partial charge is 0.338 e. The Morgan fingerprint density at radius 1 is 1.07 bits per heavy atom. The molecule has 2 N–H and O–H groups in total. The van der Waals surface area contributed by atoms with Gasteiger partial charge in [0.25, 0.3) is 0 Å². The standard InChI is InChI=1S/C17H18O2.C7H15N/c1-4-13-9-10-15(17(18)19-3)16(11-13)14-8-6-5-7-12(14)2;8-6-7-4-2-1-3-5-7/h5-11H,4H2,1-3H3;7H,1-6,8H2. The largest absolute Gasteiger partial charge is 0.465 e. The summed E-state index contributed by atoms with van der Waals surface area (Å²) in [5.74, 6) is 0.574. The number of carbonyl (C=O) groups is 1. The Morgan fingerprint density at radius 2 is 1.78 bits per heavy atom. The van der Waals surface area contributed by atoms with Crippen molar-refractivity contribution in [3.63, 3.8) is 0 Å². The maximum atomic E-state index is 11.9. The monoisotopic (exact) mass is 367 g/mol. The number of hydrogen-bond donors (Lipinski definition) is 1. The van der Waals surface area contributed by atoms with Gasteiger partial charge >= 0.3 is 5.97 Å². The van der Waals surface area contributed by atoms with Crippen LogP contribution in [0, 0.1) is 12.8 Å². The van der Waals surface area contributed by atoms with E-state index in [1.165, 1.54) is 44.8 Å². The van der Waals surface area contributed by atoms with Crippen molar-refractivity contribution in [2.75, 3.05) is 13.7 Å². The van der Waals surface area contributed by atoms with Crippen molar-refractivity contribution in [3.8, 4) is 11.1 Å². The van der Waals surface area contributed by atoms with Gasteiger partial charge in [-0.2, -0.15) is 0 Å². The van der Waals surface area contributed by atoms with Gasteiger partial charge in [-0.15, -0.1) is 0 Å². The average molecular weight is 368 g/mol. The summed E-state index contributed by atoms with van der Waals surface area (Å²) in [7, 11) is 1.41. The molecular weight excluding hydrogens is 334 g/mol. The zero-order valence-corrected chi connectivity index (χ0v) is 17.0. The molecule has 0 aromatic heterocycles. The lowest BCUT2D eigenvalue weighted by Gasteiger charge is -2.18. The molecule has 1 fully saturated rings. The van der Waals surface area contributed by atoms with Gasteiger partial charge < -0.3 is 10.5 Å². The maximum Gasteiger partial charge on any atom is 0.338 e. The zero-order valence-electron chi connectivity index (χ0n) is 17.0. The molecule has 0 heterocycles. The lowest BCUT2D eigenvalue weighted by atomic mass is 9.90. The van der Waals surface area contributed by atoms with E-state index in [-0.39, 0.29) is 5.97 Å². The Balaban J connectivity index is 0.000000273. The Labute approximate surface area is 163 Å². The first-order valence-corrected chi connectivity index (χ1v) is 10.1. The first-order chi connectivity index (χ1) is 13.1. The number of nitrogens with two attached hydrogens (primary N) is 1. The number of methoxy groups -OCH3 is 1. The highest BCUT2D eigenvalue weighted by Gasteiger charge is 2.15. The summed E-state index contributed by atoms with van der Waals surface area (Å²) < 4.78 is 4.87. The summed E-state index contributed by atoms with van der Waals surface area (Å²) in [5.41, 5.74) is 10.5. The lowest BCUT2D eigenvalue weighted by Crippen LogP contribution is -2.16. The van der Waals surface area contributed by atoms with Crippen LogP contribution in [-0.2, 0) is 11.2 Å². The number of rotatable bonds is 4. The maximum absolute atomic E-state index is 11.9. The van der Waals surface area contributed by atoms with Crippen LogP contribution in [0.3, 0.4) is 0 Å². The second-order valence-electron chi connectivity index (χ2n) is 7.28. The first kappa shape index (κ1) is 21.2. The van der Waals surface area contributed by atoms with E-state index in [1.807, 2.05) is 30.3 Å². The van der Waals surface area contributed by atoms with Gasteiger partial charge in [-0.25, -0.2) is 4.79 Å². The van der Waals surface area contributed by atoms with Crippen molar-refractivity contribution < 1.29 is 9.53 Å². The number of ether oxygens (including phenoxy) is 1. The van der Waals surface area contributed by atoms with E-state index in [4.69, 9.17) is 10.5 Å². The summed E-state index contributed by atoms with van der Waals surface area (Å²) in [4.78, 5) is 11.9. The number of esters is 1. The summed E-state index contributed by atoms with van der Waals surface area (Å²) in [6, 6.07) is 14.0. The van der Waals surface area contributed by atoms with Crippen LogP contribution in [0.1, 0.15) is 60.5 Å². The zero-order chi connectivity index (χ0) is 19.6. The Morgan fingerprint density at radius 3 is 2.33 bits per heavy atom. The third kappa shape index (κ3) is 5.93. The van der Waals surface area contributed by atoms with Gasteiger partial charge in [-0.3, -0.25) is 0 Å². The fourth-order valence-corrected chi connectivity index (χ4v) is 3.62. The molecule has 146 valence electrons. The highest BCUT2D eigenvalue weighted by molar-refractivity contribution is 5.97. The average Bonchev–Trinajstić information content (AvgIpc) is 2.74. The van der Waals surface area contributed by atoms with Gasteiger partial charge in [0.1, 0.15) is 0 Å². The molecule has 1 aliphatic rings. The van der Waals surface area contributed by atoms with E-state index in [0.717, 1.165) is 35.6 Å². The Hall–Kier alpha value is -2.13. The molecule has 0 saturated heterocycles. The van der Waals surface area contributed by atoms with E-state index in [2.05, 4.69) is 26.0 Å². The molecule has 0 unspecified atom stereocenters. The van der Waals surface area contributed by atoms with Crippen molar-refractivity contribution in [1.82, 2.24) is 0 Å². The molecule has 0 spiro atoms. The highest BCUT2D eigenvalue weighted by atomic mass is 16.5. The number of aryl methyl sites for hydroxylation is 2. The third-order valence-corrected chi connectivity index (χ3v) is 5.39. The fraction of sp³-hybridized carbons (Fsp3) is 0.458. The molecule has 0 radical (unpaired) electrons. The summed E-state index contributed by atoms with van der Waals surface area (Å²) in [6.45, 7) is 5.07. The van der Waals surface area contributed by atoms with Gasteiger partial charge in [-0.05, 0) is 67.0 Å². The number of hydrogen-bond acceptors (Lipinski definition) is 3. The molecular formula is C24H33NO2. The van der Waals surface area contributed by atoms with E-state index in [0.29, 0.717) is 5.56 Å². The topological polar surface area (TPSA) is 52.3 Å². The van der Waals surface area contributed by atoms with Gasteiger partial charge in [0, 0.05) is 0 Å². The predicted molar refractivity (Wildman–Crippen MR) is 113 cm³/mol. The summed E-state index contributed by atoms with van der Waals surface area (Å²) in [6.07, 6.45) is 7.99. The Kier molecular flexibility index (Phi) is 8.53. The van der Waals surface area contributed by atoms with Crippen LogP contribution in [0.4, 0.5) is 0 Å². The minimum absolute atomic E-state index is 0.291. The van der Waals surface area contributed by atoms with Crippen LogP contribution in [0.15, 0.2) is 42.5 Å². The van der Waals surface area contributed by atoms with Crippen LogP contribution >= 0.6 is 0 Å². The third-order valence-electron chi connectivity index (χ3n) is 5.39. The molecule has 0 aliphatic heterocycles. The molecule has 2 aromatic carbocycles. The minimum atomic E-state index is -0.291. The van der Waals surface area contributed by atoms with Crippen LogP contribution in [0.5, 0.6) is 0 Å². The number of carbonyl (C=O) groups excluding carboxylic acids is 1. The van der Waals surface area contributed by atoms with Crippen molar-refractivity contribution in [3.05, 3.63) is 59.2 Å². The lowest BCUT2D eigenvalue weighted by molar-refractivity contribution is 0.0601. The predicted octanol–water partition coefficient (Wildman–Crippen LogP) is 5.54. The second-order valence-corrected chi connectivity index (χ2v) is 7.28. The molecule has 0 bridgehead atoms. The molecule has 3 rings (SSSR count). The summed E-state index contributed by atoms with van der Waals surface area (Å²) >= 11 is 0. The fourth-order valence-electron chi connectivity index (χ4n) is 3.62. The highest BCUT2D eigenvalue weighted by Crippen LogP contribution is 2.28. The van der Waals surface area contributed by atoms with Gasteiger partial charge in [0.15, 0.2) is 0 Å². The molecule has 0 amide bonds. The van der Waals surface area contributed by atoms with Crippen molar-refractivity contribution in [2.24, 2.45) is 11.7 Å². The molecule has 0 atom stereocenters. The second kappa shape index (κ2) is 10.9. The number of benzene rings is 2. The minimum Gasteiger partial charge on any atom is -0.465 e. The van der Waals surface area contributed by atoms with Crippen LogP contribution < -0.4 is 5.73 Å². The van der Waals surface area contributed by atoms with Gasteiger partial charge in [0.05, 0.1) is 12.7 Å². The van der Waals surface area contributed by atoms with Crippen molar-refractivity contribution in [1.29, 1.82) is 0 Å². The van der Waals surface area contributed by atoms with Crippen molar-refractivity contribution in [2.45, 2.75) is 52.4 Å². The van der Waals surface area contributed by atoms with E-state index >= 15 is 0 Å². The van der Waals surface area contributed by atoms with Crippen LogP contribution in [0.2, 0.25) is 0 Å². The van der Waals surface area contributed by atoms with Crippen LogP contribution in [-0.4, -0.2) is 19.6 Å². The first-order valence-electron chi connectivity index (χ1n) is 10.1. The van der Waals surface area contributed by atoms with Crippen LogP contribution in [0.25, 0.3) is 11.1 Å². The van der Waals surface area contributed by atoms with E-state index < -0.39 is 0 Å². The molecule has 1 aliphatic carbocycles. The normalized spacial score (nSPS) is 14.2. The van der Waals surface area contributed by atoms with E-state index in [1.54, 1.807) is 0 Å². The van der Waals surface area contributed by atoms with Gasteiger partial charge in [0.2, 0.25) is 0 Å². The SMILES string of the molecule is CCc1ccc(C(=O)OC)c(-c2ccccc2C)c1.NCC1CCCCC1. The van der Waals surface area contributed by atoms with E-state index in [9.17, 15) is 4.79 Å². The quantitative estimate of drug-likeness (QED) is 0.722.